The SMILES string of the molecule is O=C(Nc1n[nH]c2cc(OCc3ccccc3)ccc12)c1ccc(C(F)(F)F)cc1. The van der Waals surface area contributed by atoms with Gasteiger partial charge in [-0.3, -0.25) is 9.89 Å². The van der Waals surface area contributed by atoms with E-state index in [-0.39, 0.29) is 11.4 Å². The largest absolute Gasteiger partial charge is 0.489 e. The van der Waals surface area contributed by atoms with E-state index in [0.29, 0.717) is 23.3 Å². The first-order chi connectivity index (χ1) is 14.4. The minimum atomic E-state index is -4.45. The van der Waals surface area contributed by atoms with Crippen molar-refractivity contribution in [3.63, 3.8) is 0 Å². The van der Waals surface area contributed by atoms with Crippen molar-refractivity contribution < 1.29 is 22.7 Å². The quantitative estimate of drug-likeness (QED) is 0.461. The number of carbonyl (C=O) groups is 1. The Balaban J connectivity index is 1.46. The lowest BCUT2D eigenvalue weighted by Crippen LogP contribution is -2.13. The Hall–Kier alpha value is -3.81. The van der Waals surface area contributed by atoms with E-state index in [9.17, 15) is 18.0 Å². The van der Waals surface area contributed by atoms with Crippen molar-refractivity contribution in [1.82, 2.24) is 10.2 Å². The third kappa shape index (κ3) is 4.27. The summed E-state index contributed by atoms with van der Waals surface area (Å²) in [6.45, 7) is 0.415. The first kappa shape index (κ1) is 19.5. The van der Waals surface area contributed by atoms with Crippen molar-refractivity contribution in [3.05, 3.63) is 89.5 Å². The second-order valence-corrected chi connectivity index (χ2v) is 6.58. The summed E-state index contributed by atoms with van der Waals surface area (Å²) in [5, 5.41) is 10.2. The molecule has 1 aromatic heterocycles. The lowest BCUT2D eigenvalue weighted by Gasteiger charge is -2.08. The molecule has 8 heteroatoms. The molecular weight excluding hydrogens is 395 g/mol. The monoisotopic (exact) mass is 411 g/mol. The number of benzene rings is 3. The molecule has 4 rings (SSSR count). The molecule has 0 aliphatic heterocycles. The van der Waals surface area contributed by atoms with Gasteiger partial charge in [0.15, 0.2) is 5.82 Å². The molecule has 0 spiro atoms. The van der Waals surface area contributed by atoms with Crippen LogP contribution >= 0.6 is 0 Å². The maximum Gasteiger partial charge on any atom is 0.416 e. The number of anilines is 1. The van der Waals surface area contributed by atoms with Crippen LogP contribution in [0.1, 0.15) is 21.5 Å². The van der Waals surface area contributed by atoms with Gasteiger partial charge in [0, 0.05) is 17.0 Å². The number of ether oxygens (including phenoxy) is 1. The maximum atomic E-state index is 12.7. The van der Waals surface area contributed by atoms with Gasteiger partial charge < -0.3 is 10.1 Å². The fourth-order valence-electron chi connectivity index (χ4n) is 2.91. The molecule has 0 aliphatic rings. The molecule has 0 radical (unpaired) electrons. The summed E-state index contributed by atoms with van der Waals surface area (Å²) >= 11 is 0. The van der Waals surface area contributed by atoms with E-state index < -0.39 is 17.6 Å². The van der Waals surface area contributed by atoms with Crippen molar-refractivity contribution in [3.8, 4) is 5.75 Å². The molecule has 0 aliphatic carbocycles. The van der Waals surface area contributed by atoms with Gasteiger partial charge in [0.25, 0.3) is 5.91 Å². The molecule has 0 unspecified atom stereocenters. The Bertz CT molecular complexity index is 1170. The minimum Gasteiger partial charge on any atom is -0.489 e. The average Bonchev–Trinajstić information content (AvgIpc) is 3.14. The Morgan fingerprint density at radius 1 is 1.00 bits per heavy atom. The number of fused-ring (bicyclic) bond motifs is 1. The van der Waals surface area contributed by atoms with Crippen LogP contribution in [0.25, 0.3) is 10.9 Å². The van der Waals surface area contributed by atoms with Crippen LogP contribution in [-0.4, -0.2) is 16.1 Å². The van der Waals surface area contributed by atoms with Gasteiger partial charge in [0.1, 0.15) is 12.4 Å². The molecule has 4 aromatic rings. The highest BCUT2D eigenvalue weighted by Crippen LogP contribution is 2.29. The fourth-order valence-corrected chi connectivity index (χ4v) is 2.91. The lowest BCUT2D eigenvalue weighted by atomic mass is 10.1. The predicted octanol–water partition coefficient (Wildman–Crippen LogP) is 5.41. The number of aromatic nitrogens is 2. The van der Waals surface area contributed by atoms with Crippen LogP contribution in [0.2, 0.25) is 0 Å². The number of rotatable bonds is 5. The lowest BCUT2D eigenvalue weighted by molar-refractivity contribution is -0.137. The second-order valence-electron chi connectivity index (χ2n) is 6.58. The molecule has 152 valence electrons. The second kappa shape index (κ2) is 7.90. The number of carbonyl (C=O) groups excluding carboxylic acids is 1. The van der Waals surface area contributed by atoms with Crippen LogP contribution < -0.4 is 10.1 Å². The van der Waals surface area contributed by atoms with Crippen LogP contribution in [0.3, 0.4) is 0 Å². The summed E-state index contributed by atoms with van der Waals surface area (Å²) < 4.78 is 43.7. The van der Waals surface area contributed by atoms with Crippen molar-refractivity contribution >= 4 is 22.6 Å². The van der Waals surface area contributed by atoms with Gasteiger partial charge in [0.2, 0.25) is 0 Å². The molecule has 0 bridgehead atoms. The normalized spacial score (nSPS) is 11.4. The summed E-state index contributed by atoms with van der Waals surface area (Å²) in [6.07, 6.45) is -4.45. The third-order valence-electron chi connectivity index (χ3n) is 4.49. The Kier molecular flexibility index (Phi) is 5.14. The van der Waals surface area contributed by atoms with Crippen LogP contribution in [-0.2, 0) is 12.8 Å². The van der Waals surface area contributed by atoms with Gasteiger partial charge in [-0.15, -0.1) is 0 Å². The fraction of sp³-hybridized carbons (Fsp3) is 0.0909. The van der Waals surface area contributed by atoms with Crippen molar-refractivity contribution in [1.29, 1.82) is 0 Å². The van der Waals surface area contributed by atoms with Gasteiger partial charge in [-0.05, 0) is 42.0 Å². The smallest absolute Gasteiger partial charge is 0.416 e. The molecule has 0 saturated heterocycles. The van der Waals surface area contributed by atoms with E-state index in [2.05, 4.69) is 15.5 Å². The number of aromatic amines is 1. The number of hydrogen-bond donors (Lipinski definition) is 2. The van der Waals surface area contributed by atoms with Crippen LogP contribution in [0.15, 0.2) is 72.8 Å². The van der Waals surface area contributed by atoms with Gasteiger partial charge in [-0.1, -0.05) is 30.3 Å². The third-order valence-corrected chi connectivity index (χ3v) is 4.49. The molecule has 0 saturated carbocycles. The number of hydrogen-bond acceptors (Lipinski definition) is 3. The van der Waals surface area contributed by atoms with Gasteiger partial charge >= 0.3 is 6.18 Å². The summed E-state index contributed by atoms with van der Waals surface area (Å²) in [6, 6.07) is 19.0. The number of amides is 1. The van der Waals surface area contributed by atoms with Crippen LogP contribution in [0, 0.1) is 0 Å². The average molecular weight is 411 g/mol. The molecule has 0 fully saturated rings. The van der Waals surface area contributed by atoms with Crippen LogP contribution in [0.4, 0.5) is 19.0 Å². The van der Waals surface area contributed by atoms with Gasteiger partial charge in [0.05, 0.1) is 11.1 Å². The van der Waals surface area contributed by atoms with Gasteiger partial charge in [-0.25, -0.2) is 0 Å². The molecule has 30 heavy (non-hydrogen) atoms. The molecule has 0 atom stereocenters. The highest BCUT2D eigenvalue weighted by molar-refractivity contribution is 6.07. The Morgan fingerprint density at radius 3 is 2.43 bits per heavy atom. The van der Waals surface area contributed by atoms with E-state index in [1.54, 1.807) is 18.2 Å². The molecular formula is C22H16F3N3O2. The highest BCUT2D eigenvalue weighted by atomic mass is 19.4. The summed E-state index contributed by atoms with van der Waals surface area (Å²) in [7, 11) is 0. The number of halogens is 3. The molecule has 1 heterocycles. The molecule has 5 nitrogen and oxygen atoms in total. The van der Waals surface area contributed by atoms with Crippen molar-refractivity contribution in [2.75, 3.05) is 5.32 Å². The minimum absolute atomic E-state index is 0.0990. The van der Waals surface area contributed by atoms with E-state index in [1.165, 1.54) is 0 Å². The van der Waals surface area contributed by atoms with E-state index >= 15 is 0 Å². The Labute approximate surface area is 169 Å². The van der Waals surface area contributed by atoms with E-state index in [1.807, 2.05) is 30.3 Å². The van der Waals surface area contributed by atoms with Crippen molar-refractivity contribution in [2.24, 2.45) is 0 Å². The maximum absolute atomic E-state index is 12.7. The van der Waals surface area contributed by atoms with Crippen LogP contribution in [0.5, 0.6) is 5.75 Å². The van der Waals surface area contributed by atoms with Gasteiger partial charge in [-0.2, -0.15) is 18.3 Å². The first-order valence-corrected chi connectivity index (χ1v) is 9.03. The number of nitrogens with zero attached hydrogens (tertiary/aromatic N) is 1. The topological polar surface area (TPSA) is 67.0 Å². The molecule has 3 aromatic carbocycles. The summed E-state index contributed by atoms with van der Waals surface area (Å²) in [5.74, 6) is 0.363. The number of H-pyrrole nitrogens is 1. The zero-order chi connectivity index (χ0) is 21.1. The zero-order valence-electron chi connectivity index (χ0n) is 15.5. The van der Waals surface area contributed by atoms with E-state index in [4.69, 9.17) is 4.74 Å². The van der Waals surface area contributed by atoms with E-state index in [0.717, 1.165) is 29.8 Å². The first-order valence-electron chi connectivity index (χ1n) is 9.03. The number of nitrogens with one attached hydrogen (secondary N) is 2. The Morgan fingerprint density at radius 2 is 1.73 bits per heavy atom. The molecule has 2 N–H and O–H groups in total. The highest BCUT2D eigenvalue weighted by Gasteiger charge is 2.30. The summed E-state index contributed by atoms with van der Waals surface area (Å²) in [5.41, 5.74) is 0.976. The summed E-state index contributed by atoms with van der Waals surface area (Å²) in [4.78, 5) is 12.4. The standard InChI is InChI=1S/C22H16F3N3O2/c23-22(24,25)16-8-6-15(7-9-16)21(29)26-20-18-11-10-17(12-19(18)27-28-20)30-13-14-4-2-1-3-5-14/h1-12H,13H2,(H2,26,27,28,29). The predicted molar refractivity (Wildman–Crippen MR) is 106 cm³/mol. The molecule has 1 amide bonds. The zero-order valence-corrected chi connectivity index (χ0v) is 15.5. The van der Waals surface area contributed by atoms with Crippen molar-refractivity contribution in [2.45, 2.75) is 12.8 Å². The number of alkyl halides is 3.